The van der Waals surface area contributed by atoms with E-state index in [0.29, 0.717) is 0 Å². The number of benzene rings is 1. The van der Waals surface area contributed by atoms with Crippen molar-refractivity contribution in [3.8, 4) is 0 Å². The van der Waals surface area contributed by atoms with E-state index in [-0.39, 0.29) is 0 Å². The second kappa shape index (κ2) is 6.10. The third kappa shape index (κ3) is 4.16. The van der Waals surface area contributed by atoms with Gasteiger partial charge in [0.05, 0.1) is 0 Å². The Morgan fingerprint density at radius 3 is 2.29 bits per heavy atom. The minimum atomic E-state index is 1.13. The first-order valence-corrected chi connectivity index (χ1v) is 6.07. The molecule has 0 spiro atoms. The summed E-state index contributed by atoms with van der Waals surface area (Å²) in [6.45, 7) is 3.31. The lowest BCUT2D eigenvalue weighted by atomic mass is 10.1. The number of hydrogen-bond donors (Lipinski definition) is 0. The molecule has 0 aliphatic heterocycles. The van der Waals surface area contributed by atoms with E-state index in [1.165, 1.54) is 10.5 Å². The lowest BCUT2D eigenvalue weighted by Gasteiger charge is -2.09. The first kappa shape index (κ1) is 11.6. The van der Waals surface area contributed by atoms with Gasteiger partial charge in [0.15, 0.2) is 0 Å². The molecule has 14 heavy (non-hydrogen) atoms. The molecule has 1 aromatic rings. The molecule has 0 bridgehead atoms. The highest BCUT2D eigenvalue weighted by Gasteiger charge is 1.95. The molecule has 0 radical (unpaired) electrons. The molecule has 0 aliphatic carbocycles. The van der Waals surface area contributed by atoms with Crippen molar-refractivity contribution < 1.29 is 0 Å². The van der Waals surface area contributed by atoms with Gasteiger partial charge < -0.3 is 4.90 Å². The molecule has 0 N–H and O–H groups in total. The summed E-state index contributed by atoms with van der Waals surface area (Å²) in [4.78, 5) is 3.59. The summed E-state index contributed by atoms with van der Waals surface area (Å²) in [5, 5.41) is 0. The Bertz CT molecular complexity index is 254. The zero-order valence-corrected chi connectivity index (χ0v) is 10.1. The van der Waals surface area contributed by atoms with Crippen molar-refractivity contribution in [2.75, 3.05) is 26.4 Å². The molecule has 0 saturated heterocycles. The van der Waals surface area contributed by atoms with Crippen LogP contribution in [0.1, 0.15) is 12.5 Å². The van der Waals surface area contributed by atoms with E-state index in [1.54, 1.807) is 0 Å². The number of rotatable bonds is 5. The molecule has 0 aliphatic rings. The second-order valence-corrected chi connectivity index (χ2v) is 4.97. The molecule has 0 saturated carbocycles. The van der Waals surface area contributed by atoms with Crippen molar-refractivity contribution >= 4 is 11.8 Å². The predicted molar refractivity (Wildman–Crippen MR) is 65.1 cm³/mol. The standard InChI is InChI=1S/C12H19NS/c1-4-14-12-7-5-11(6-8-12)9-10-13(2)3/h5-8H,4,9-10H2,1-3H3. The zero-order chi connectivity index (χ0) is 10.4. The Morgan fingerprint density at radius 2 is 1.79 bits per heavy atom. The molecule has 1 rings (SSSR count). The van der Waals surface area contributed by atoms with Crippen LogP contribution < -0.4 is 0 Å². The molecule has 1 nitrogen and oxygen atoms in total. The number of likely N-dealkylation sites (N-methyl/N-ethyl adjacent to an activating group) is 1. The molecule has 0 fully saturated rings. The summed E-state index contributed by atoms with van der Waals surface area (Å²) in [5.74, 6) is 1.15. The topological polar surface area (TPSA) is 3.24 Å². The fraction of sp³-hybridized carbons (Fsp3) is 0.500. The van der Waals surface area contributed by atoms with E-state index in [4.69, 9.17) is 0 Å². The summed E-state index contributed by atoms with van der Waals surface area (Å²) in [6.07, 6.45) is 1.14. The average molecular weight is 209 g/mol. The van der Waals surface area contributed by atoms with Crippen LogP contribution >= 0.6 is 11.8 Å². The Kier molecular flexibility index (Phi) is 5.05. The highest BCUT2D eigenvalue weighted by molar-refractivity contribution is 7.99. The van der Waals surface area contributed by atoms with E-state index in [0.717, 1.165) is 18.7 Å². The molecular formula is C12H19NS. The van der Waals surface area contributed by atoms with Gasteiger partial charge in [0.25, 0.3) is 0 Å². The molecule has 2 heteroatoms. The predicted octanol–water partition coefficient (Wildman–Crippen LogP) is 2.90. The van der Waals surface area contributed by atoms with Gasteiger partial charge >= 0.3 is 0 Å². The van der Waals surface area contributed by atoms with Crippen molar-refractivity contribution in [1.82, 2.24) is 4.90 Å². The van der Waals surface area contributed by atoms with Crippen LogP contribution in [0, 0.1) is 0 Å². The molecule has 0 aromatic heterocycles. The Morgan fingerprint density at radius 1 is 1.14 bits per heavy atom. The molecule has 78 valence electrons. The highest BCUT2D eigenvalue weighted by atomic mass is 32.2. The van der Waals surface area contributed by atoms with Crippen molar-refractivity contribution in [3.63, 3.8) is 0 Å². The summed E-state index contributed by atoms with van der Waals surface area (Å²) in [6, 6.07) is 8.92. The summed E-state index contributed by atoms with van der Waals surface area (Å²) < 4.78 is 0. The van der Waals surface area contributed by atoms with E-state index in [2.05, 4.69) is 50.2 Å². The van der Waals surface area contributed by atoms with Crippen LogP contribution in [-0.4, -0.2) is 31.3 Å². The molecule has 0 heterocycles. The summed E-state index contributed by atoms with van der Waals surface area (Å²) in [7, 11) is 4.22. The van der Waals surface area contributed by atoms with Crippen LogP contribution in [0.25, 0.3) is 0 Å². The first-order valence-electron chi connectivity index (χ1n) is 5.09. The normalized spacial score (nSPS) is 10.9. The summed E-state index contributed by atoms with van der Waals surface area (Å²) >= 11 is 1.90. The zero-order valence-electron chi connectivity index (χ0n) is 9.29. The first-order chi connectivity index (χ1) is 6.72. The van der Waals surface area contributed by atoms with Crippen LogP contribution in [-0.2, 0) is 6.42 Å². The molecule has 1 aromatic carbocycles. The van der Waals surface area contributed by atoms with Gasteiger partial charge in [0, 0.05) is 11.4 Å². The Labute approximate surface area is 91.5 Å². The van der Waals surface area contributed by atoms with Crippen molar-refractivity contribution in [1.29, 1.82) is 0 Å². The number of hydrogen-bond acceptors (Lipinski definition) is 2. The Balaban J connectivity index is 2.46. The maximum Gasteiger partial charge on any atom is 0.00720 e. The maximum atomic E-state index is 2.24. The highest BCUT2D eigenvalue weighted by Crippen LogP contribution is 2.17. The SMILES string of the molecule is CCSc1ccc(CCN(C)C)cc1. The third-order valence-electron chi connectivity index (χ3n) is 2.08. The second-order valence-electron chi connectivity index (χ2n) is 3.63. The fourth-order valence-electron chi connectivity index (χ4n) is 1.27. The van der Waals surface area contributed by atoms with Gasteiger partial charge in [-0.2, -0.15) is 0 Å². The fourth-order valence-corrected chi connectivity index (χ4v) is 1.93. The Hall–Kier alpha value is -0.470. The van der Waals surface area contributed by atoms with Gasteiger partial charge in [-0.25, -0.2) is 0 Å². The maximum absolute atomic E-state index is 2.24. The van der Waals surface area contributed by atoms with Crippen molar-refractivity contribution in [2.45, 2.75) is 18.2 Å². The van der Waals surface area contributed by atoms with Crippen LogP contribution in [0.15, 0.2) is 29.2 Å². The van der Waals surface area contributed by atoms with Crippen LogP contribution in [0.5, 0.6) is 0 Å². The minimum Gasteiger partial charge on any atom is -0.309 e. The summed E-state index contributed by atoms with van der Waals surface area (Å²) in [5.41, 5.74) is 1.43. The average Bonchev–Trinajstić information content (AvgIpc) is 2.17. The molecule has 0 unspecified atom stereocenters. The van der Waals surface area contributed by atoms with Crippen molar-refractivity contribution in [3.05, 3.63) is 29.8 Å². The monoisotopic (exact) mass is 209 g/mol. The lowest BCUT2D eigenvalue weighted by molar-refractivity contribution is 0.413. The smallest absolute Gasteiger partial charge is 0.00720 e. The molecule has 0 atom stereocenters. The number of thioether (sulfide) groups is 1. The van der Waals surface area contributed by atoms with E-state index >= 15 is 0 Å². The third-order valence-corrected chi connectivity index (χ3v) is 2.98. The molecular weight excluding hydrogens is 190 g/mol. The van der Waals surface area contributed by atoms with Gasteiger partial charge in [-0.1, -0.05) is 19.1 Å². The van der Waals surface area contributed by atoms with Crippen LogP contribution in [0.4, 0.5) is 0 Å². The van der Waals surface area contributed by atoms with E-state index in [1.807, 2.05) is 11.8 Å². The lowest BCUT2D eigenvalue weighted by Crippen LogP contribution is -2.14. The van der Waals surface area contributed by atoms with Gasteiger partial charge in [0.1, 0.15) is 0 Å². The van der Waals surface area contributed by atoms with Gasteiger partial charge in [0.2, 0.25) is 0 Å². The quantitative estimate of drug-likeness (QED) is 0.686. The molecule has 0 amide bonds. The van der Waals surface area contributed by atoms with Crippen LogP contribution in [0.2, 0.25) is 0 Å². The van der Waals surface area contributed by atoms with Gasteiger partial charge in [-0.05, 0) is 44.0 Å². The minimum absolute atomic E-state index is 1.13. The van der Waals surface area contributed by atoms with E-state index in [9.17, 15) is 0 Å². The van der Waals surface area contributed by atoms with Gasteiger partial charge in [-0.15, -0.1) is 11.8 Å². The van der Waals surface area contributed by atoms with Crippen molar-refractivity contribution in [2.24, 2.45) is 0 Å². The van der Waals surface area contributed by atoms with Gasteiger partial charge in [-0.3, -0.25) is 0 Å². The number of nitrogens with zero attached hydrogens (tertiary/aromatic N) is 1. The largest absolute Gasteiger partial charge is 0.309 e. The van der Waals surface area contributed by atoms with E-state index < -0.39 is 0 Å². The van der Waals surface area contributed by atoms with Crippen LogP contribution in [0.3, 0.4) is 0 Å².